The van der Waals surface area contributed by atoms with Crippen molar-refractivity contribution in [3.8, 4) is 5.75 Å². The van der Waals surface area contributed by atoms with Gasteiger partial charge >= 0.3 is 0 Å². The van der Waals surface area contributed by atoms with Crippen molar-refractivity contribution >= 4 is 5.69 Å². The van der Waals surface area contributed by atoms with E-state index in [-0.39, 0.29) is 11.6 Å². The lowest BCUT2D eigenvalue weighted by Gasteiger charge is -2.20. The van der Waals surface area contributed by atoms with E-state index in [1.165, 1.54) is 12.1 Å². The predicted molar refractivity (Wildman–Crippen MR) is 84.0 cm³/mol. The quantitative estimate of drug-likeness (QED) is 0.502. The fourth-order valence-electron chi connectivity index (χ4n) is 2.30. The molecule has 0 unspecified atom stereocenters. The number of nitrogens with zero attached hydrogens (tertiary/aromatic N) is 1. The Kier molecular flexibility index (Phi) is 4.91. The molecule has 114 valence electrons. The third-order valence-corrected chi connectivity index (χ3v) is 3.52. The normalized spacial score (nSPS) is 13.2. The Bertz CT molecular complexity index is 667. The highest BCUT2D eigenvalue weighted by atomic mass is 16.6. The van der Waals surface area contributed by atoms with E-state index in [4.69, 9.17) is 4.74 Å². The van der Waals surface area contributed by atoms with E-state index in [9.17, 15) is 15.2 Å². The molecule has 0 amide bonds. The molecule has 2 atom stereocenters. The average Bonchev–Trinajstić information content (AvgIpc) is 2.56. The smallest absolute Gasteiger partial charge is 0.269 e. The van der Waals surface area contributed by atoms with Gasteiger partial charge in [-0.05, 0) is 23.3 Å². The number of hydrogen-bond acceptors (Lipinski definition) is 4. The molecule has 0 aliphatic rings. The lowest BCUT2D eigenvalue weighted by atomic mass is 9.89. The number of benzene rings is 2. The number of hydrogen-bond donors (Lipinski definition) is 1. The highest BCUT2D eigenvalue weighted by Crippen LogP contribution is 2.33. The fourth-order valence-corrected chi connectivity index (χ4v) is 2.30. The van der Waals surface area contributed by atoms with Crippen LogP contribution >= 0.6 is 0 Å². The van der Waals surface area contributed by atoms with Crippen molar-refractivity contribution in [1.82, 2.24) is 0 Å². The van der Waals surface area contributed by atoms with Gasteiger partial charge in [-0.1, -0.05) is 30.3 Å². The topological polar surface area (TPSA) is 72.6 Å². The van der Waals surface area contributed by atoms with Gasteiger partial charge in [-0.3, -0.25) is 10.1 Å². The van der Waals surface area contributed by atoms with Gasteiger partial charge in [-0.15, -0.1) is 6.58 Å². The van der Waals surface area contributed by atoms with Gasteiger partial charge < -0.3 is 9.84 Å². The number of aliphatic hydroxyl groups excluding tert-OH is 1. The molecule has 2 aromatic rings. The molecule has 2 rings (SSSR count). The second-order valence-electron chi connectivity index (χ2n) is 4.83. The van der Waals surface area contributed by atoms with E-state index in [1.807, 2.05) is 12.1 Å². The van der Waals surface area contributed by atoms with Crippen LogP contribution in [0.4, 0.5) is 5.69 Å². The molecule has 5 nitrogen and oxygen atoms in total. The molecular weight excluding hydrogens is 282 g/mol. The highest BCUT2D eigenvalue weighted by Gasteiger charge is 2.21. The van der Waals surface area contributed by atoms with Gasteiger partial charge in [0.15, 0.2) is 0 Å². The summed E-state index contributed by atoms with van der Waals surface area (Å²) in [5, 5.41) is 21.4. The molecule has 0 saturated carbocycles. The minimum Gasteiger partial charge on any atom is -0.497 e. The summed E-state index contributed by atoms with van der Waals surface area (Å²) in [5.41, 5.74) is 1.29. The van der Waals surface area contributed by atoms with E-state index in [2.05, 4.69) is 6.58 Å². The van der Waals surface area contributed by atoms with Crippen LogP contribution in [0.15, 0.2) is 61.2 Å². The first-order valence-corrected chi connectivity index (χ1v) is 6.75. The maximum atomic E-state index is 10.8. The molecule has 0 heterocycles. The average molecular weight is 299 g/mol. The van der Waals surface area contributed by atoms with Gasteiger partial charge in [-0.2, -0.15) is 0 Å². The van der Waals surface area contributed by atoms with Gasteiger partial charge in [0, 0.05) is 18.1 Å². The molecule has 22 heavy (non-hydrogen) atoms. The molecule has 0 spiro atoms. The first-order valence-electron chi connectivity index (χ1n) is 6.75. The highest BCUT2D eigenvalue weighted by molar-refractivity contribution is 5.39. The Balaban J connectivity index is 2.31. The van der Waals surface area contributed by atoms with Crippen molar-refractivity contribution < 1.29 is 14.8 Å². The van der Waals surface area contributed by atoms with E-state index in [1.54, 1.807) is 37.5 Å². The lowest BCUT2D eigenvalue weighted by molar-refractivity contribution is -0.385. The summed E-state index contributed by atoms with van der Waals surface area (Å²) in [7, 11) is 1.58. The van der Waals surface area contributed by atoms with E-state index in [0.29, 0.717) is 5.56 Å². The molecule has 0 bridgehead atoms. The van der Waals surface area contributed by atoms with Crippen LogP contribution < -0.4 is 4.74 Å². The SMILES string of the molecule is C=C[C@H](c1ccc(OC)cc1)[C@H](O)c1cccc([N+](=O)[O-])c1. The number of aliphatic hydroxyl groups is 1. The Labute approximate surface area is 128 Å². The maximum absolute atomic E-state index is 10.8. The van der Waals surface area contributed by atoms with Crippen LogP contribution in [-0.2, 0) is 0 Å². The van der Waals surface area contributed by atoms with Gasteiger partial charge in [0.2, 0.25) is 0 Å². The van der Waals surface area contributed by atoms with Crippen LogP contribution in [0.2, 0.25) is 0 Å². The van der Waals surface area contributed by atoms with Gasteiger partial charge in [0.1, 0.15) is 5.75 Å². The Morgan fingerprint density at radius 1 is 1.23 bits per heavy atom. The summed E-state index contributed by atoms with van der Waals surface area (Å²) < 4.78 is 5.11. The Hall–Kier alpha value is -2.66. The van der Waals surface area contributed by atoms with Crippen LogP contribution in [0.3, 0.4) is 0 Å². The standard InChI is InChI=1S/C17H17NO4/c1-3-16(12-7-9-15(22-2)10-8-12)17(19)13-5-4-6-14(11-13)18(20)21/h3-11,16-17,19H,1H2,2H3/t16-,17-/m1/s1. The number of non-ortho nitro benzene ring substituents is 1. The number of rotatable bonds is 6. The molecule has 0 fully saturated rings. The summed E-state index contributed by atoms with van der Waals surface area (Å²) in [6.07, 6.45) is 0.719. The zero-order chi connectivity index (χ0) is 16.1. The number of methoxy groups -OCH3 is 1. The zero-order valence-electron chi connectivity index (χ0n) is 12.2. The van der Waals surface area contributed by atoms with Crippen LogP contribution in [0, 0.1) is 10.1 Å². The summed E-state index contributed by atoms with van der Waals surface area (Å²) in [6.45, 7) is 3.76. The van der Waals surface area contributed by atoms with Crippen molar-refractivity contribution in [3.63, 3.8) is 0 Å². The molecule has 0 saturated heterocycles. The molecule has 2 aromatic carbocycles. The maximum Gasteiger partial charge on any atom is 0.269 e. The number of ether oxygens (including phenoxy) is 1. The molecular formula is C17H17NO4. The van der Waals surface area contributed by atoms with Crippen LogP contribution in [0.1, 0.15) is 23.1 Å². The first kappa shape index (κ1) is 15.7. The molecule has 5 heteroatoms. The number of nitro groups is 1. The zero-order valence-corrected chi connectivity index (χ0v) is 12.2. The second-order valence-corrected chi connectivity index (χ2v) is 4.83. The number of nitro benzene ring substituents is 1. The first-order chi connectivity index (χ1) is 10.6. The molecule has 0 aliphatic carbocycles. The van der Waals surface area contributed by atoms with Gasteiger partial charge in [0.05, 0.1) is 18.1 Å². The third-order valence-electron chi connectivity index (χ3n) is 3.52. The van der Waals surface area contributed by atoms with Gasteiger partial charge in [0.25, 0.3) is 5.69 Å². The van der Waals surface area contributed by atoms with Crippen molar-refractivity contribution in [2.75, 3.05) is 7.11 Å². The van der Waals surface area contributed by atoms with Crippen LogP contribution in [-0.4, -0.2) is 17.1 Å². The van der Waals surface area contributed by atoms with Crippen LogP contribution in [0.5, 0.6) is 5.75 Å². The van der Waals surface area contributed by atoms with E-state index < -0.39 is 11.0 Å². The molecule has 0 aromatic heterocycles. The fraction of sp³-hybridized carbons (Fsp3) is 0.176. The Morgan fingerprint density at radius 3 is 2.45 bits per heavy atom. The largest absolute Gasteiger partial charge is 0.497 e. The van der Waals surface area contributed by atoms with E-state index >= 15 is 0 Å². The molecule has 0 aliphatic heterocycles. The van der Waals surface area contributed by atoms with Crippen molar-refractivity contribution in [2.24, 2.45) is 0 Å². The molecule has 0 radical (unpaired) electrons. The Morgan fingerprint density at radius 2 is 1.91 bits per heavy atom. The van der Waals surface area contributed by atoms with Gasteiger partial charge in [-0.25, -0.2) is 0 Å². The lowest BCUT2D eigenvalue weighted by Crippen LogP contribution is -2.09. The predicted octanol–water partition coefficient (Wildman–Crippen LogP) is 3.61. The van der Waals surface area contributed by atoms with Crippen molar-refractivity contribution in [2.45, 2.75) is 12.0 Å². The second kappa shape index (κ2) is 6.87. The van der Waals surface area contributed by atoms with Crippen molar-refractivity contribution in [3.05, 3.63) is 82.4 Å². The van der Waals surface area contributed by atoms with Crippen molar-refractivity contribution in [1.29, 1.82) is 0 Å². The molecule has 1 N–H and O–H groups in total. The summed E-state index contributed by atoms with van der Waals surface area (Å²) in [5.74, 6) is 0.351. The monoisotopic (exact) mass is 299 g/mol. The minimum absolute atomic E-state index is 0.0471. The van der Waals surface area contributed by atoms with E-state index in [0.717, 1.165) is 11.3 Å². The minimum atomic E-state index is -0.911. The van der Waals surface area contributed by atoms with Crippen LogP contribution in [0.25, 0.3) is 0 Å². The summed E-state index contributed by atoms with van der Waals surface area (Å²) in [4.78, 5) is 10.4. The summed E-state index contributed by atoms with van der Waals surface area (Å²) >= 11 is 0. The third kappa shape index (κ3) is 3.32. The summed E-state index contributed by atoms with van der Waals surface area (Å²) in [6, 6.07) is 13.3.